The van der Waals surface area contributed by atoms with Gasteiger partial charge in [-0.3, -0.25) is 0 Å². The van der Waals surface area contributed by atoms with Gasteiger partial charge in [0.2, 0.25) is 5.96 Å². The molecule has 0 radical (unpaired) electrons. The zero-order chi connectivity index (χ0) is 12.5. The van der Waals surface area contributed by atoms with Crippen molar-refractivity contribution in [2.24, 2.45) is 15.8 Å². The first kappa shape index (κ1) is 10.6. The Kier molecular flexibility index (Phi) is 2.37. The average molecular weight is 240 g/mol. The highest BCUT2D eigenvalue weighted by Crippen LogP contribution is 2.33. The summed E-state index contributed by atoms with van der Waals surface area (Å²) in [5.74, 6) is 0.443. The lowest BCUT2D eigenvalue weighted by atomic mass is 9.98. The van der Waals surface area contributed by atoms with Crippen LogP contribution >= 0.6 is 0 Å². The van der Waals surface area contributed by atoms with Gasteiger partial charge in [-0.1, -0.05) is 30.3 Å². The van der Waals surface area contributed by atoms with Crippen molar-refractivity contribution in [2.45, 2.75) is 6.04 Å². The van der Waals surface area contributed by atoms with Crippen LogP contribution in [0, 0.1) is 0 Å². The number of hydrogen-bond donors (Lipinski definition) is 3. The largest absolute Gasteiger partial charge is 0.508 e. The molecule has 0 spiro atoms. The van der Waals surface area contributed by atoms with Gasteiger partial charge in [-0.05, 0) is 16.8 Å². The van der Waals surface area contributed by atoms with E-state index in [2.05, 4.69) is 15.5 Å². The van der Waals surface area contributed by atoms with Crippen LogP contribution in [-0.4, -0.2) is 17.3 Å². The normalized spacial score (nSPS) is 18.4. The second-order valence-corrected chi connectivity index (χ2v) is 4.07. The summed E-state index contributed by atoms with van der Waals surface area (Å²) in [6.45, 7) is 0. The molecule has 18 heavy (non-hydrogen) atoms. The van der Waals surface area contributed by atoms with Gasteiger partial charge in [-0.15, -0.1) is 0 Å². The monoisotopic (exact) mass is 240 g/mol. The molecule has 5 heteroatoms. The maximum Gasteiger partial charge on any atom is 0.210 e. The molecule has 0 saturated carbocycles. The van der Waals surface area contributed by atoms with E-state index in [9.17, 15) is 5.11 Å². The molecule has 0 fully saturated rings. The Balaban J connectivity index is 2.24. The van der Waals surface area contributed by atoms with E-state index in [0.717, 1.165) is 16.3 Å². The second-order valence-electron chi connectivity index (χ2n) is 4.07. The Morgan fingerprint density at radius 2 is 2.00 bits per heavy atom. The van der Waals surface area contributed by atoms with Crippen molar-refractivity contribution in [1.82, 2.24) is 5.43 Å². The van der Waals surface area contributed by atoms with Gasteiger partial charge < -0.3 is 10.8 Å². The zero-order valence-corrected chi connectivity index (χ0v) is 9.54. The van der Waals surface area contributed by atoms with E-state index < -0.39 is 0 Å². The molecule has 1 atom stereocenters. The minimum absolute atomic E-state index is 0.198. The van der Waals surface area contributed by atoms with Crippen LogP contribution in [0.15, 0.2) is 46.5 Å². The summed E-state index contributed by atoms with van der Waals surface area (Å²) < 4.78 is 0. The Bertz CT molecular complexity index is 663. The highest BCUT2D eigenvalue weighted by Gasteiger charge is 2.18. The maximum atomic E-state index is 10.1. The molecule has 1 heterocycles. The number of hydrazone groups is 1. The third-order valence-corrected chi connectivity index (χ3v) is 2.92. The number of guanidine groups is 1. The maximum absolute atomic E-state index is 10.1. The summed E-state index contributed by atoms with van der Waals surface area (Å²) in [7, 11) is 0. The first-order chi connectivity index (χ1) is 8.75. The number of aromatic hydroxyl groups is 1. The van der Waals surface area contributed by atoms with Gasteiger partial charge >= 0.3 is 0 Å². The van der Waals surface area contributed by atoms with Crippen LogP contribution in [-0.2, 0) is 0 Å². The summed E-state index contributed by atoms with van der Waals surface area (Å²) >= 11 is 0. The van der Waals surface area contributed by atoms with Gasteiger partial charge in [0.25, 0.3) is 0 Å². The molecule has 5 nitrogen and oxygen atoms in total. The molecule has 0 bridgehead atoms. The van der Waals surface area contributed by atoms with Crippen LogP contribution in [0.25, 0.3) is 10.8 Å². The molecule has 4 N–H and O–H groups in total. The number of benzene rings is 2. The Labute approximate surface area is 104 Å². The number of phenols is 1. The molecule has 0 aromatic heterocycles. The quantitative estimate of drug-likeness (QED) is 0.706. The number of fused-ring (bicyclic) bond motifs is 1. The minimum Gasteiger partial charge on any atom is -0.508 e. The minimum atomic E-state index is -0.364. The Morgan fingerprint density at radius 1 is 1.17 bits per heavy atom. The van der Waals surface area contributed by atoms with E-state index in [1.165, 1.54) is 0 Å². The SMILES string of the molecule is NC1=N[C@H](c2c(O)ccc3ccccc23)C=NN1. The van der Waals surface area contributed by atoms with Crippen molar-refractivity contribution in [1.29, 1.82) is 0 Å². The molecule has 2 aromatic rings. The number of nitrogens with one attached hydrogen (secondary N) is 1. The summed E-state index contributed by atoms with van der Waals surface area (Å²) in [6.07, 6.45) is 1.62. The Hall–Kier alpha value is -2.56. The van der Waals surface area contributed by atoms with E-state index >= 15 is 0 Å². The standard InChI is InChI=1S/C13H12N4O/c14-13-16-10(7-15-17-13)12-9-4-2-1-3-8(9)5-6-11(12)18/h1-7,10,18H,(H3,14,16,17)/t10-/m0/s1. The zero-order valence-electron chi connectivity index (χ0n) is 9.54. The number of aliphatic imine (C=N–C) groups is 1. The van der Waals surface area contributed by atoms with E-state index in [-0.39, 0.29) is 17.8 Å². The predicted molar refractivity (Wildman–Crippen MR) is 71.6 cm³/mol. The third-order valence-electron chi connectivity index (χ3n) is 2.92. The molecule has 0 unspecified atom stereocenters. The van der Waals surface area contributed by atoms with Crippen LogP contribution in [0.2, 0.25) is 0 Å². The van der Waals surface area contributed by atoms with Gasteiger partial charge in [0, 0.05) is 5.56 Å². The number of hydrogen-bond acceptors (Lipinski definition) is 5. The fourth-order valence-electron chi connectivity index (χ4n) is 2.12. The molecule has 1 aliphatic rings. The number of rotatable bonds is 1. The first-order valence-corrected chi connectivity index (χ1v) is 5.59. The lowest BCUT2D eigenvalue weighted by molar-refractivity contribution is 0.468. The fourth-order valence-corrected chi connectivity index (χ4v) is 2.12. The highest BCUT2D eigenvalue weighted by molar-refractivity contribution is 5.93. The van der Waals surface area contributed by atoms with Crippen LogP contribution in [0.1, 0.15) is 11.6 Å². The van der Waals surface area contributed by atoms with E-state index in [4.69, 9.17) is 5.73 Å². The van der Waals surface area contributed by atoms with Crippen molar-refractivity contribution < 1.29 is 5.11 Å². The smallest absolute Gasteiger partial charge is 0.210 e. The topological polar surface area (TPSA) is 83.0 Å². The first-order valence-electron chi connectivity index (χ1n) is 5.59. The lowest BCUT2D eigenvalue weighted by Gasteiger charge is -2.16. The van der Waals surface area contributed by atoms with E-state index in [0.29, 0.717) is 0 Å². The summed E-state index contributed by atoms with van der Waals surface area (Å²) in [5.41, 5.74) is 8.89. The van der Waals surface area contributed by atoms with Crippen molar-refractivity contribution >= 4 is 22.9 Å². The van der Waals surface area contributed by atoms with Crippen LogP contribution in [0.4, 0.5) is 0 Å². The molecular weight excluding hydrogens is 228 g/mol. The van der Waals surface area contributed by atoms with Crippen molar-refractivity contribution in [3.05, 3.63) is 42.0 Å². The lowest BCUT2D eigenvalue weighted by Crippen LogP contribution is -2.31. The van der Waals surface area contributed by atoms with E-state index in [1.54, 1.807) is 12.3 Å². The summed E-state index contributed by atoms with van der Waals surface area (Å²) in [5, 5.41) is 16.0. The van der Waals surface area contributed by atoms with Crippen molar-refractivity contribution in [3.8, 4) is 5.75 Å². The van der Waals surface area contributed by atoms with Crippen molar-refractivity contribution in [2.75, 3.05) is 0 Å². The molecule has 0 amide bonds. The Morgan fingerprint density at radius 3 is 2.83 bits per heavy atom. The molecule has 3 rings (SSSR count). The van der Waals surface area contributed by atoms with Crippen LogP contribution in [0.3, 0.4) is 0 Å². The summed E-state index contributed by atoms with van der Waals surface area (Å²) in [6, 6.07) is 11.0. The van der Waals surface area contributed by atoms with Crippen molar-refractivity contribution in [3.63, 3.8) is 0 Å². The molecule has 2 aromatic carbocycles. The second kappa shape index (κ2) is 4.03. The van der Waals surface area contributed by atoms with Gasteiger partial charge in [0.05, 0.1) is 6.21 Å². The molecule has 0 aliphatic carbocycles. The van der Waals surface area contributed by atoms with Crippen LogP contribution in [0.5, 0.6) is 5.75 Å². The molecular formula is C13H12N4O. The highest BCUT2D eigenvalue weighted by atomic mass is 16.3. The van der Waals surface area contributed by atoms with Gasteiger partial charge in [-0.2, -0.15) is 5.10 Å². The number of nitrogens with zero attached hydrogens (tertiary/aromatic N) is 2. The van der Waals surface area contributed by atoms with E-state index in [1.807, 2.05) is 30.3 Å². The van der Waals surface area contributed by atoms with Gasteiger partial charge in [-0.25, -0.2) is 10.4 Å². The molecule has 1 aliphatic heterocycles. The molecule has 90 valence electrons. The molecule has 0 saturated heterocycles. The fraction of sp³-hybridized carbons (Fsp3) is 0.0769. The predicted octanol–water partition coefficient (Wildman–Crippen LogP) is 1.49. The number of phenolic OH excluding ortho intramolecular Hbond substituents is 1. The van der Waals surface area contributed by atoms with Gasteiger partial charge in [0.1, 0.15) is 11.8 Å². The summed E-state index contributed by atoms with van der Waals surface area (Å²) in [4.78, 5) is 4.24. The average Bonchev–Trinajstić information content (AvgIpc) is 2.38. The third kappa shape index (κ3) is 1.66. The number of nitrogens with two attached hydrogens (primary N) is 1. The van der Waals surface area contributed by atoms with Gasteiger partial charge in [0.15, 0.2) is 0 Å². The van der Waals surface area contributed by atoms with Crippen LogP contribution < -0.4 is 11.2 Å².